The van der Waals surface area contributed by atoms with Crippen LogP contribution in [0.4, 0.5) is 9.93 Å². The van der Waals surface area contributed by atoms with E-state index in [4.69, 9.17) is 0 Å². The highest BCUT2D eigenvalue weighted by Gasteiger charge is 2.21. The summed E-state index contributed by atoms with van der Waals surface area (Å²) in [5.74, 6) is 0.538. The van der Waals surface area contributed by atoms with Crippen LogP contribution >= 0.6 is 11.3 Å². The van der Waals surface area contributed by atoms with E-state index in [-0.39, 0.29) is 12.6 Å². The molecular weight excluding hydrogens is 300 g/mol. The molecule has 126 valence electrons. The molecular formula is C15H28N4O2S. The number of carbonyl (C=O) groups excluding carboxylic acids is 1. The number of anilines is 1. The highest BCUT2D eigenvalue weighted by atomic mass is 32.1. The third kappa shape index (κ3) is 7.09. The lowest BCUT2D eigenvalue weighted by Gasteiger charge is -2.24. The Morgan fingerprint density at radius 3 is 2.68 bits per heavy atom. The topological polar surface area (TPSA) is 77.5 Å². The maximum Gasteiger partial charge on any atom is 0.315 e. The molecule has 1 atom stereocenters. The number of hydrogen-bond acceptors (Lipinski definition) is 5. The lowest BCUT2D eigenvalue weighted by molar-refractivity contribution is 0.0476. The van der Waals surface area contributed by atoms with Crippen LogP contribution in [-0.4, -0.2) is 42.4 Å². The molecule has 2 amide bonds. The zero-order valence-electron chi connectivity index (χ0n) is 14.1. The Hall–Kier alpha value is -1.34. The van der Waals surface area contributed by atoms with Gasteiger partial charge in [-0.15, -0.1) is 11.3 Å². The summed E-state index contributed by atoms with van der Waals surface area (Å²) >= 11 is 1.54. The lowest BCUT2D eigenvalue weighted by atomic mass is 9.95. The molecule has 3 N–H and O–H groups in total. The summed E-state index contributed by atoms with van der Waals surface area (Å²) in [5.41, 5.74) is -0.0456. The Bertz CT molecular complexity index is 472. The maximum atomic E-state index is 11.8. The van der Waals surface area contributed by atoms with Gasteiger partial charge in [0.2, 0.25) is 0 Å². The van der Waals surface area contributed by atoms with Gasteiger partial charge in [0.1, 0.15) is 0 Å². The molecule has 1 heterocycles. The number of nitrogens with one attached hydrogen (secondary N) is 2. The fourth-order valence-corrected chi connectivity index (χ4v) is 2.53. The zero-order chi connectivity index (χ0) is 16.8. The van der Waals surface area contributed by atoms with Crippen molar-refractivity contribution in [3.8, 4) is 0 Å². The number of amides is 2. The van der Waals surface area contributed by atoms with Gasteiger partial charge < -0.3 is 20.6 Å². The molecule has 1 aromatic heterocycles. The van der Waals surface area contributed by atoms with Crippen LogP contribution in [0, 0.1) is 5.92 Å². The number of thiazole rings is 1. The van der Waals surface area contributed by atoms with Crippen LogP contribution in [-0.2, 0) is 6.54 Å². The van der Waals surface area contributed by atoms with E-state index in [0.717, 1.165) is 17.2 Å². The van der Waals surface area contributed by atoms with Crippen LogP contribution in [0.2, 0.25) is 0 Å². The van der Waals surface area contributed by atoms with Gasteiger partial charge in [0.25, 0.3) is 0 Å². The SMILES string of the molecule is CC(C)CCC(C)(O)CNC(=O)NCc1csc(N(C)C)n1. The van der Waals surface area contributed by atoms with Gasteiger partial charge in [-0.05, 0) is 25.7 Å². The van der Waals surface area contributed by atoms with Crippen molar-refractivity contribution in [3.63, 3.8) is 0 Å². The quantitative estimate of drug-likeness (QED) is 0.684. The van der Waals surface area contributed by atoms with Crippen LogP contribution in [0.3, 0.4) is 0 Å². The standard InChI is InChI=1S/C15H28N4O2S/c1-11(2)6-7-15(3,21)10-17-13(20)16-8-12-9-22-14(18-12)19(4)5/h9,11,21H,6-8,10H2,1-5H3,(H2,16,17,20). The number of rotatable bonds is 8. The van der Waals surface area contributed by atoms with Crippen molar-refractivity contribution >= 4 is 22.5 Å². The van der Waals surface area contributed by atoms with Crippen molar-refractivity contribution in [2.75, 3.05) is 25.5 Å². The summed E-state index contributed by atoms with van der Waals surface area (Å²) in [5, 5.41) is 18.5. The average molecular weight is 328 g/mol. The summed E-state index contributed by atoms with van der Waals surface area (Å²) in [6.07, 6.45) is 1.60. The zero-order valence-corrected chi connectivity index (χ0v) is 15.0. The summed E-state index contributed by atoms with van der Waals surface area (Å²) in [4.78, 5) is 18.1. The molecule has 1 unspecified atom stereocenters. The molecule has 0 saturated heterocycles. The van der Waals surface area contributed by atoms with E-state index in [2.05, 4.69) is 29.5 Å². The molecule has 0 aliphatic heterocycles. The Kier molecular flexibility index (Phi) is 7.09. The number of aromatic nitrogens is 1. The fourth-order valence-electron chi connectivity index (χ4n) is 1.77. The van der Waals surface area contributed by atoms with Gasteiger partial charge in [0, 0.05) is 26.0 Å². The van der Waals surface area contributed by atoms with E-state index in [0.29, 0.717) is 18.9 Å². The van der Waals surface area contributed by atoms with Crippen molar-refractivity contribution < 1.29 is 9.90 Å². The molecule has 6 nitrogen and oxygen atoms in total. The van der Waals surface area contributed by atoms with Crippen LogP contribution < -0.4 is 15.5 Å². The number of carbonyl (C=O) groups is 1. The van der Waals surface area contributed by atoms with Gasteiger partial charge in [0.05, 0.1) is 17.8 Å². The van der Waals surface area contributed by atoms with Gasteiger partial charge in [-0.2, -0.15) is 0 Å². The van der Waals surface area contributed by atoms with Crippen molar-refractivity contribution in [2.45, 2.75) is 45.8 Å². The first-order chi connectivity index (χ1) is 10.2. The van der Waals surface area contributed by atoms with Crippen LogP contribution in [0.15, 0.2) is 5.38 Å². The Balaban J connectivity index is 2.30. The molecule has 0 radical (unpaired) electrons. The molecule has 0 saturated carbocycles. The fraction of sp³-hybridized carbons (Fsp3) is 0.733. The number of nitrogens with zero attached hydrogens (tertiary/aromatic N) is 2. The predicted octanol–water partition coefficient (Wildman–Crippen LogP) is 2.20. The first-order valence-electron chi connectivity index (χ1n) is 7.55. The van der Waals surface area contributed by atoms with Gasteiger partial charge in [0.15, 0.2) is 5.13 Å². The predicted molar refractivity (Wildman–Crippen MR) is 91.4 cm³/mol. The van der Waals surface area contributed by atoms with Crippen LogP contribution in [0.5, 0.6) is 0 Å². The van der Waals surface area contributed by atoms with Gasteiger partial charge >= 0.3 is 6.03 Å². The first-order valence-corrected chi connectivity index (χ1v) is 8.43. The van der Waals surface area contributed by atoms with Gasteiger partial charge in [-0.3, -0.25) is 0 Å². The second-order valence-corrected chi connectivity index (χ2v) is 7.32. The van der Waals surface area contributed by atoms with Gasteiger partial charge in [-0.25, -0.2) is 9.78 Å². The van der Waals surface area contributed by atoms with Crippen LogP contribution in [0.25, 0.3) is 0 Å². The summed E-state index contributed by atoms with van der Waals surface area (Å²) < 4.78 is 0. The van der Waals surface area contributed by atoms with Crippen molar-refractivity contribution in [3.05, 3.63) is 11.1 Å². The van der Waals surface area contributed by atoms with Crippen LogP contribution in [0.1, 0.15) is 39.3 Å². The Labute approximate surface area is 136 Å². The molecule has 7 heteroatoms. The maximum absolute atomic E-state index is 11.8. The number of aliphatic hydroxyl groups is 1. The first kappa shape index (κ1) is 18.7. The minimum atomic E-state index is -0.875. The van der Waals surface area contributed by atoms with E-state index in [1.54, 1.807) is 6.92 Å². The van der Waals surface area contributed by atoms with E-state index in [1.807, 2.05) is 24.4 Å². The second-order valence-electron chi connectivity index (χ2n) is 6.48. The smallest absolute Gasteiger partial charge is 0.315 e. The number of hydrogen-bond donors (Lipinski definition) is 3. The monoisotopic (exact) mass is 328 g/mol. The molecule has 0 aliphatic carbocycles. The largest absolute Gasteiger partial charge is 0.388 e. The van der Waals surface area contributed by atoms with E-state index >= 15 is 0 Å². The second kappa shape index (κ2) is 8.33. The molecule has 0 bridgehead atoms. The summed E-state index contributed by atoms with van der Waals surface area (Å²) in [7, 11) is 3.87. The highest BCUT2D eigenvalue weighted by molar-refractivity contribution is 7.13. The minimum absolute atomic E-state index is 0.242. The highest BCUT2D eigenvalue weighted by Crippen LogP contribution is 2.17. The molecule has 0 aliphatic rings. The summed E-state index contributed by atoms with van der Waals surface area (Å²) in [6, 6.07) is -0.288. The molecule has 1 rings (SSSR count). The van der Waals surface area contributed by atoms with Crippen molar-refractivity contribution in [1.29, 1.82) is 0 Å². The minimum Gasteiger partial charge on any atom is -0.388 e. The molecule has 0 spiro atoms. The molecule has 1 aromatic rings. The summed E-state index contributed by atoms with van der Waals surface area (Å²) in [6.45, 7) is 6.60. The average Bonchev–Trinajstić information content (AvgIpc) is 2.90. The third-order valence-electron chi connectivity index (χ3n) is 3.24. The van der Waals surface area contributed by atoms with E-state index in [1.165, 1.54) is 11.3 Å². The molecule has 0 aromatic carbocycles. The third-order valence-corrected chi connectivity index (χ3v) is 4.30. The van der Waals surface area contributed by atoms with Gasteiger partial charge in [-0.1, -0.05) is 13.8 Å². The Morgan fingerprint density at radius 1 is 1.45 bits per heavy atom. The van der Waals surface area contributed by atoms with E-state index < -0.39 is 5.60 Å². The van der Waals surface area contributed by atoms with E-state index in [9.17, 15) is 9.90 Å². The van der Waals surface area contributed by atoms with Crippen molar-refractivity contribution in [1.82, 2.24) is 15.6 Å². The molecule has 0 fully saturated rings. The molecule has 22 heavy (non-hydrogen) atoms. The Morgan fingerprint density at radius 2 is 2.14 bits per heavy atom. The van der Waals surface area contributed by atoms with Crippen molar-refractivity contribution in [2.24, 2.45) is 5.92 Å². The number of urea groups is 1. The normalized spacial score (nSPS) is 13.8. The lowest BCUT2D eigenvalue weighted by Crippen LogP contribution is -2.44.